The number of rotatable bonds is 3. The van der Waals surface area contributed by atoms with Crippen molar-refractivity contribution in [3.8, 4) is 5.75 Å². The van der Waals surface area contributed by atoms with E-state index in [1.807, 2.05) is 42.5 Å². The summed E-state index contributed by atoms with van der Waals surface area (Å²) < 4.78 is 18.9. The first kappa shape index (κ1) is 21.6. The van der Waals surface area contributed by atoms with Gasteiger partial charge in [-0.2, -0.15) is 0 Å². The largest absolute Gasteiger partial charge is 0.497 e. The van der Waals surface area contributed by atoms with Gasteiger partial charge in [-0.3, -0.25) is 0 Å². The molecule has 33 heavy (non-hydrogen) atoms. The lowest BCUT2D eigenvalue weighted by molar-refractivity contribution is 0.193. The molecule has 8 heteroatoms. The van der Waals surface area contributed by atoms with Crippen molar-refractivity contribution >= 4 is 45.8 Å². The van der Waals surface area contributed by atoms with Crippen LogP contribution in [0.3, 0.4) is 0 Å². The smallest absolute Gasteiger partial charge is 0.322 e. The third-order valence-corrected chi connectivity index (χ3v) is 6.48. The maximum atomic E-state index is 13.6. The number of hydrogen-bond donors (Lipinski definition) is 2. The Bertz CT molecular complexity index is 1350. The fraction of sp³-hybridized carbons (Fsp3) is 0.160. The lowest BCUT2D eigenvalue weighted by Crippen LogP contribution is -2.43. The number of H-pyrrole nitrogens is 1. The van der Waals surface area contributed by atoms with E-state index in [1.165, 1.54) is 18.2 Å². The van der Waals surface area contributed by atoms with E-state index in [9.17, 15) is 9.18 Å². The Morgan fingerprint density at radius 3 is 2.64 bits per heavy atom. The maximum Gasteiger partial charge on any atom is 0.322 e. The zero-order valence-corrected chi connectivity index (χ0v) is 19.2. The lowest BCUT2D eigenvalue weighted by Gasteiger charge is -2.36. The summed E-state index contributed by atoms with van der Waals surface area (Å²) in [6.07, 6.45) is 0.667. The van der Waals surface area contributed by atoms with Crippen molar-refractivity contribution in [2.24, 2.45) is 0 Å². The van der Waals surface area contributed by atoms with Gasteiger partial charge in [0.05, 0.1) is 18.2 Å². The molecule has 1 aliphatic rings. The van der Waals surface area contributed by atoms with E-state index >= 15 is 0 Å². The zero-order chi connectivity index (χ0) is 23.1. The van der Waals surface area contributed by atoms with Gasteiger partial charge < -0.3 is 19.9 Å². The Kier molecular flexibility index (Phi) is 5.64. The van der Waals surface area contributed by atoms with Crippen LogP contribution in [0.2, 0.25) is 10.0 Å². The molecule has 4 aromatic rings. The Morgan fingerprint density at radius 1 is 1.12 bits per heavy atom. The van der Waals surface area contributed by atoms with Gasteiger partial charge in [0.15, 0.2) is 0 Å². The quantitative estimate of drug-likeness (QED) is 0.336. The summed E-state index contributed by atoms with van der Waals surface area (Å²) in [6, 6.07) is 16.9. The van der Waals surface area contributed by atoms with Crippen molar-refractivity contribution in [2.45, 2.75) is 12.5 Å². The van der Waals surface area contributed by atoms with Crippen LogP contribution in [0.5, 0.6) is 5.75 Å². The van der Waals surface area contributed by atoms with Gasteiger partial charge in [0.2, 0.25) is 0 Å². The number of ether oxygens (including phenoxy) is 1. The first-order valence-corrected chi connectivity index (χ1v) is 11.2. The second kappa shape index (κ2) is 8.61. The molecule has 0 fully saturated rings. The highest BCUT2D eigenvalue weighted by Gasteiger charge is 2.34. The second-order valence-corrected chi connectivity index (χ2v) is 8.73. The third kappa shape index (κ3) is 4.01. The number of hydrogen-bond acceptors (Lipinski definition) is 2. The van der Waals surface area contributed by atoms with Crippen LogP contribution in [-0.2, 0) is 6.42 Å². The number of fused-ring (bicyclic) bond motifs is 3. The van der Waals surface area contributed by atoms with Crippen LogP contribution in [-0.4, -0.2) is 29.6 Å². The molecule has 2 heterocycles. The van der Waals surface area contributed by atoms with Crippen LogP contribution < -0.4 is 10.1 Å². The minimum absolute atomic E-state index is 0.0482. The Hall–Kier alpha value is -3.22. The molecule has 168 valence electrons. The van der Waals surface area contributed by atoms with E-state index in [-0.39, 0.29) is 17.1 Å². The Balaban J connectivity index is 1.57. The molecular formula is C25H20Cl2FN3O2. The van der Waals surface area contributed by atoms with Gasteiger partial charge in [-0.25, -0.2) is 9.18 Å². The molecule has 0 saturated carbocycles. The molecule has 0 radical (unpaired) electrons. The van der Waals surface area contributed by atoms with Gasteiger partial charge in [0.25, 0.3) is 0 Å². The Labute approximate surface area is 200 Å². The molecule has 2 N–H and O–H groups in total. The first-order chi connectivity index (χ1) is 15.9. The molecule has 3 aromatic carbocycles. The average molecular weight is 484 g/mol. The molecule has 1 aromatic heterocycles. The number of halogens is 3. The summed E-state index contributed by atoms with van der Waals surface area (Å²) in [5, 5.41) is 4.53. The molecule has 0 aliphatic carbocycles. The predicted molar refractivity (Wildman–Crippen MR) is 129 cm³/mol. The molecule has 5 nitrogen and oxygen atoms in total. The number of nitrogens with zero attached hydrogens (tertiary/aromatic N) is 1. The predicted octanol–water partition coefficient (Wildman–Crippen LogP) is 6.80. The highest BCUT2D eigenvalue weighted by atomic mass is 35.5. The van der Waals surface area contributed by atoms with Gasteiger partial charge in [-0.15, -0.1) is 0 Å². The van der Waals surface area contributed by atoms with Crippen LogP contribution in [0, 0.1) is 5.82 Å². The van der Waals surface area contributed by atoms with Crippen molar-refractivity contribution < 1.29 is 13.9 Å². The molecular weight excluding hydrogens is 464 g/mol. The highest BCUT2D eigenvalue weighted by Crippen LogP contribution is 2.39. The third-order valence-electron chi connectivity index (χ3n) is 5.95. The molecule has 1 aliphatic heterocycles. The summed E-state index contributed by atoms with van der Waals surface area (Å²) in [7, 11) is 1.61. The summed E-state index contributed by atoms with van der Waals surface area (Å²) >= 11 is 12.2. The van der Waals surface area contributed by atoms with Crippen molar-refractivity contribution in [2.75, 3.05) is 19.0 Å². The lowest BCUT2D eigenvalue weighted by atomic mass is 9.92. The number of methoxy groups -OCH3 is 1. The Morgan fingerprint density at radius 2 is 1.91 bits per heavy atom. The SMILES string of the molecule is COc1ccc([C@H]2c3[nH]c4ccc(Cl)cc4c3CCN2C(=O)Nc2ccc(F)c(Cl)c2)cc1. The van der Waals surface area contributed by atoms with Crippen LogP contribution in [0.25, 0.3) is 10.9 Å². The normalized spacial score (nSPS) is 15.4. The average Bonchev–Trinajstić information content (AvgIpc) is 3.18. The topological polar surface area (TPSA) is 57.4 Å². The number of amides is 2. The number of aromatic nitrogens is 1. The molecule has 0 unspecified atom stereocenters. The van der Waals surface area contributed by atoms with Crippen LogP contribution in [0.4, 0.5) is 14.9 Å². The standard InChI is InChI=1S/C25H20Cl2FN3O2/c1-33-17-6-2-14(3-7-17)24-23-18(19-12-15(26)4-9-22(19)30-23)10-11-31(24)25(32)29-16-5-8-21(28)20(27)13-16/h2-9,12-13,24,30H,10-11H2,1H3,(H,29,32)/t24-/m0/s1. The summed E-state index contributed by atoms with van der Waals surface area (Å²) in [5.74, 6) is 0.195. The van der Waals surface area contributed by atoms with Gasteiger partial charge >= 0.3 is 6.03 Å². The van der Waals surface area contributed by atoms with Crippen molar-refractivity contribution in [1.29, 1.82) is 0 Å². The van der Waals surface area contributed by atoms with Gasteiger partial charge in [-0.1, -0.05) is 35.3 Å². The van der Waals surface area contributed by atoms with E-state index in [0.29, 0.717) is 23.7 Å². The van der Waals surface area contributed by atoms with Crippen molar-refractivity contribution in [3.05, 3.63) is 93.3 Å². The summed E-state index contributed by atoms with van der Waals surface area (Å²) in [4.78, 5) is 18.6. The van der Waals surface area contributed by atoms with E-state index in [1.54, 1.807) is 12.0 Å². The number of aromatic amines is 1. The van der Waals surface area contributed by atoms with Crippen molar-refractivity contribution in [1.82, 2.24) is 9.88 Å². The highest BCUT2D eigenvalue weighted by molar-refractivity contribution is 6.31. The number of carbonyl (C=O) groups is 1. The molecule has 1 atom stereocenters. The minimum atomic E-state index is -0.537. The minimum Gasteiger partial charge on any atom is -0.497 e. The number of nitrogens with one attached hydrogen (secondary N) is 2. The fourth-order valence-corrected chi connectivity index (χ4v) is 4.73. The fourth-order valence-electron chi connectivity index (χ4n) is 4.38. The monoisotopic (exact) mass is 483 g/mol. The second-order valence-electron chi connectivity index (χ2n) is 7.89. The maximum absolute atomic E-state index is 13.6. The van der Waals surface area contributed by atoms with Crippen LogP contribution in [0.1, 0.15) is 22.9 Å². The number of benzene rings is 3. The van der Waals surface area contributed by atoms with Crippen molar-refractivity contribution in [3.63, 3.8) is 0 Å². The van der Waals surface area contributed by atoms with Crippen LogP contribution in [0.15, 0.2) is 60.7 Å². The van der Waals surface area contributed by atoms with Gasteiger partial charge in [-0.05, 0) is 66.1 Å². The number of carbonyl (C=O) groups excluding carboxylic acids is 1. The number of anilines is 1. The number of urea groups is 1. The zero-order valence-electron chi connectivity index (χ0n) is 17.7. The molecule has 0 bridgehead atoms. The molecule has 0 spiro atoms. The van der Waals surface area contributed by atoms with E-state index in [2.05, 4.69) is 10.3 Å². The molecule has 0 saturated heterocycles. The summed E-state index contributed by atoms with van der Waals surface area (Å²) in [5.41, 5.74) is 4.41. The van der Waals surface area contributed by atoms with Crippen LogP contribution >= 0.6 is 23.2 Å². The molecule has 2 amide bonds. The van der Waals surface area contributed by atoms with E-state index < -0.39 is 5.82 Å². The van der Waals surface area contributed by atoms with E-state index in [0.717, 1.165) is 33.5 Å². The molecule has 5 rings (SSSR count). The van der Waals surface area contributed by atoms with Gasteiger partial charge in [0, 0.05) is 33.9 Å². The first-order valence-electron chi connectivity index (χ1n) is 10.4. The summed E-state index contributed by atoms with van der Waals surface area (Å²) in [6.45, 7) is 0.490. The van der Waals surface area contributed by atoms with Gasteiger partial charge in [0.1, 0.15) is 11.6 Å². The van der Waals surface area contributed by atoms with E-state index in [4.69, 9.17) is 27.9 Å².